The van der Waals surface area contributed by atoms with Crippen molar-refractivity contribution in [1.29, 1.82) is 0 Å². The van der Waals surface area contributed by atoms with Crippen LogP contribution in [0.25, 0.3) is 0 Å². The third-order valence-corrected chi connectivity index (χ3v) is 2.40. The molecule has 18 heavy (non-hydrogen) atoms. The fourth-order valence-electron chi connectivity index (χ4n) is 1.59. The molecule has 0 aromatic carbocycles. The number of aliphatic imine (C=N–C) groups is 1. The van der Waals surface area contributed by atoms with E-state index in [4.69, 9.17) is 5.73 Å². The Hall–Kier alpha value is -2.41. The quantitative estimate of drug-likeness (QED) is 0.558. The summed E-state index contributed by atoms with van der Waals surface area (Å²) in [6.45, 7) is 0. The highest BCUT2D eigenvalue weighted by atomic mass is 16.3. The van der Waals surface area contributed by atoms with Crippen LogP contribution in [0, 0.1) is 0 Å². The van der Waals surface area contributed by atoms with Gasteiger partial charge in [0.1, 0.15) is 5.70 Å². The fourth-order valence-corrected chi connectivity index (χ4v) is 1.59. The summed E-state index contributed by atoms with van der Waals surface area (Å²) in [6, 6.07) is 3.47. The first kappa shape index (κ1) is 12.1. The molecule has 1 unspecified atom stereocenters. The predicted octanol–water partition coefficient (Wildman–Crippen LogP) is -0.801. The van der Waals surface area contributed by atoms with Gasteiger partial charge in [-0.2, -0.15) is 0 Å². The van der Waals surface area contributed by atoms with Crippen LogP contribution >= 0.6 is 0 Å². The first-order valence-electron chi connectivity index (χ1n) is 5.18. The lowest BCUT2D eigenvalue weighted by molar-refractivity contribution is -0.116. The molecule has 1 aliphatic heterocycles. The Morgan fingerprint density at radius 2 is 2.33 bits per heavy atom. The lowest BCUT2D eigenvalue weighted by Gasteiger charge is -2.29. The van der Waals surface area contributed by atoms with E-state index in [0.717, 1.165) is 11.8 Å². The van der Waals surface area contributed by atoms with Crippen LogP contribution in [0.4, 0.5) is 0 Å². The first-order valence-corrected chi connectivity index (χ1v) is 5.18. The summed E-state index contributed by atoms with van der Waals surface area (Å²) in [5.74, 6) is -3.00. The molecule has 0 fully saturated rings. The molecular formula is C11H12N4O3. The summed E-state index contributed by atoms with van der Waals surface area (Å²) in [4.78, 5) is 18.7. The fraction of sp³-hybridized carbons (Fsp3) is 0.182. The molecule has 0 saturated carbocycles. The smallest absolute Gasteiger partial charge is 0.268 e. The number of aliphatic hydroxyl groups is 2. The third kappa shape index (κ3) is 2.46. The highest BCUT2D eigenvalue weighted by molar-refractivity contribution is 5.98. The van der Waals surface area contributed by atoms with E-state index in [1.807, 2.05) is 0 Å². The second-order valence-electron chi connectivity index (χ2n) is 3.86. The Labute approximate surface area is 103 Å². The second kappa shape index (κ2) is 4.46. The van der Waals surface area contributed by atoms with Crippen LogP contribution in [0.5, 0.6) is 0 Å². The minimum atomic E-state index is -1.72. The van der Waals surface area contributed by atoms with Gasteiger partial charge in [0, 0.05) is 18.8 Å². The number of hydrogen-bond donors (Lipinski definition) is 4. The zero-order valence-corrected chi connectivity index (χ0v) is 9.37. The maximum Gasteiger partial charge on any atom is 0.268 e. The van der Waals surface area contributed by atoms with Gasteiger partial charge in [-0.3, -0.25) is 9.78 Å². The van der Waals surface area contributed by atoms with Crippen molar-refractivity contribution in [3.63, 3.8) is 0 Å². The largest absolute Gasteiger partial charge is 0.504 e. The lowest BCUT2D eigenvalue weighted by atomic mass is 10.1. The standard InChI is InChI=1S/C11H12N4O3/c12-10(17)9-8(16)6-14-11(18,15-9)4-7-2-1-3-13-5-7/h1-3,5-6,15-16,18H,4H2,(H2,12,17). The molecule has 1 atom stereocenters. The van der Waals surface area contributed by atoms with Gasteiger partial charge in [0.05, 0.1) is 6.21 Å². The molecule has 0 saturated heterocycles. The number of nitrogens with one attached hydrogen (secondary N) is 1. The predicted molar refractivity (Wildman–Crippen MR) is 63.4 cm³/mol. The van der Waals surface area contributed by atoms with Gasteiger partial charge in [-0.25, -0.2) is 4.99 Å². The zero-order chi connectivity index (χ0) is 13.2. The van der Waals surface area contributed by atoms with Crippen molar-refractivity contribution in [2.75, 3.05) is 0 Å². The molecule has 2 heterocycles. The molecular weight excluding hydrogens is 236 g/mol. The Bertz CT molecular complexity index is 526. The topological polar surface area (TPSA) is 121 Å². The maximum atomic E-state index is 11.1. The van der Waals surface area contributed by atoms with Crippen LogP contribution in [0.3, 0.4) is 0 Å². The van der Waals surface area contributed by atoms with Crippen molar-refractivity contribution in [3.05, 3.63) is 41.5 Å². The monoisotopic (exact) mass is 248 g/mol. The van der Waals surface area contributed by atoms with E-state index in [2.05, 4.69) is 15.3 Å². The Morgan fingerprint density at radius 3 is 2.94 bits per heavy atom. The molecule has 7 nitrogen and oxygen atoms in total. The Morgan fingerprint density at radius 1 is 1.56 bits per heavy atom. The molecule has 2 rings (SSSR count). The first-order chi connectivity index (χ1) is 8.50. The Balaban J connectivity index is 2.20. The zero-order valence-electron chi connectivity index (χ0n) is 9.37. The van der Waals surface area contributed by atoms with E-state index >= 15 is 0 Å². The average Bonchev–Trinajstić information content (AvgIpc) is 2.33. The number of primary amides is 1. The van der Waals surface area contributed by atoms with E-state index in [-0.39, 0.29) is 12.1 Å². The second-order valence-corrected chi connectivity index (χ2v) is 3.86. The summed E-state index contributed by atoms with van der Waals surface area (Å²) in [5.41, 5.74) is 5.52. The SMILES string of the molecule is NC(=O)C1=C(O)C=NC(O)(Cc2cccnc2)N1. The van der Waals surface area contributed by atoms with Crippen LogP contribution in [-0.2, 0) is 11.2 Å². The van der Waals surface area contributed by atoms with Gasteiger partial charge in [-0.1, -0.05) is 6.07 Å². The molecule has 0 spiro atoms. The van der Waals surface area contributed by atoms with Gasteiger partial charge >= 0.3 is 0 Å². The van der Waals surface area contributed by atoms with Gasteiger partial charge in [0.25, 0.3) is 5.91 Å². The molecule has 1 amide bonds. The summed E-state index contributed by atoms with van der Waals surface area (Å²) < 4.78 is 0. The maximum absolute atomic E-state index is 11.1. The van der Waals surface area contributed by atoms with E-state index in [1.165, 1.54) is 0 Å². The van der Waals surface area contributed by atoms with Crippen molar-refractivity contribution in [3.8, 4) is 0 Å². The van der Waals surface area contributed by atoms with Crippen molar-refractivity contribution in [2.45, 2.75) is 12.3 Å². The molecule has 0 radical (unpaired) electrons. The van der Waals surface area contributed by atoms with Crippen molar-refractivity contribution < 1.29 is 15.0 Å². The van der Waals surface area contributed by atoms with Crippen molar-refractivity contribution >= 4 is 12.1 Å². The van der Waals surface area contributed by atoms with Crippen LogP contribution in [0.15, 0.2) is 41.0 Å². The number of nitrogens with zero attached hydrogens (tertiary/aromatic N) is 2. The summed E-state index contributed by atoms with van der Waals surface area (Å²) in [7, 11) is 0. The van der Waals surface area contributed by atoms with Crippen LogP contribution in [0.2, 0.25) is 0 Å². The number of aliphatic hydroxyl groups excluding tert-OH is 1. The molecule has 1 aromatic heterocycles. The highest BCUT2D eigenvalue weighted by Gasteiger charge is 2.32. The van der Waals surface area contributed by atoms with Crippen LogP contribution in [-0.4, -0.2) is 33.2 Å². The van der Waals surface area contributed by atoms with Gasteiger partial charge in [-0.05, 0) is 11.6 Å². The van der Waals surface area contributed by atoms with E-state index in [1.54, 1.807) is 24.5 Å². The summed E-state index contributed by atoms with van der Waals surface area (Å²) >= 11 is 0. The highest BCUT2D eigenvalue weighted by Crippen LogP contribution is 2.17. The Kier molecular flexibility index (Phi) is 2.99. The number of rotatable bonds is 3. The molecule has 7 heteroatoms. The number of nitrogens with two attached hydrogens (primary N) is 1. The van der Waals surface area contributed by atoms with Gasteiger partial charge in [0.15, 0.2) is 5.76 Å². The molecule has 1 aliphatic rings. The summed E-state index contributed by atoms with van der Waals surface area (Å²) in [5, 5.41) is 22.0. The minimum Gasteiger partial charge on any atom is -0.504 e. The molecule has 5 N–H and O–H groups in total. The normalized spacial score (nSPS) is 22.7. The third-order valence-electron chi connectivity index (χ3n) is 2.40. The number of carbonyl (C=O) groups is 1. The number of carbonyl (C=O) groups excluding carboxylic acids is 1. The lowest BCUT2D eigenvalue weighted by Crippen LogP contribution is -2.50. The van der Waals surface area contributed by atoms with Crippen LogP contribution < -0.4 is 11.1 Å². The summed E-state index contributed by atoms with van der Waals surface area (Å²) in [6.07, 6.45) is 4.25. The number of pyridine rings is 1. The number of amides is 1. The van der Waals surface area contributed by atoms with E-state index < -0.39 is 17.5 Å². The molecule has 0 aliphatic carbocycles. The van der Waals surface area contributed by atoms with Gasteiger partial charge < -0.3 is 21.3 Å². The van der Waals surface area contributed by atoms with Crippen LogP contribution in [0.1, 0.15) is 5.56 Å². The number of hydrogen-bond acceptors (Lipinski definition) is 6. The average molecular weight is 248 g/mol. The molecule has 0 bridgehead atoms. The molecule has 94 valence electrons. The minimum absolute atomic E-state index is 0.0847. The number of aromatic nitrogens is 1. The van der Waals surface area contributed by atoms with Crippen molar-refractivity contribution in [2.24, 2.45) is 10.7 Å². The van der Waals surface area contributed by atoms with Gasteiger partial charge in [0.2, 0.25) is 5.85 Å². The molecule has 1 aromatic rings. The van der Waals surface area contributed by atoms with Crippen molar-refractivity contribution in [1.82, 2.24) is 10.3 Å². The van der Waals surface area contributed by atoms with E-state index in [0.29, 0.717) is 0 Å². The number of allylic oxidation sites excluding steroid dienone is 1. The van der Waals surface area contributed by atoms with E-state index in [9.17, 15) is 15.0 Å². The van der Waals surface area contributed by atoms with Gasteiger partial charge in [-0.15, -0.1) is 0 Å².